The summed E-state index contributed by atoms with van der Waals surface area (Å²) in [4.78, 5) is 26.3. The SMILES string of the molecule is O=C1c2ccccc2C(=O)N1Cc1ccc(-c2nnc(C3CCOCC3)o2)cc1. The van der Waals surface area contributed by atoms with Gasteiger partial charge in [0.1, 0.15) is 0 Å². The number of hydrogen-bond acceptors (Lipinski definition) is 6. The van der Waals surface area contributed by atoms with Crippen LogP contribution in [0.4, 0.5) is 0 Å². The number of rotatable bonds is 4. The molecule has 7 nitrogen and oxygen atoms in total. The van der Waals surface area contributed by atoms with Gasteiger partial charge in [-0.1, -0.05) is 24.3 Å². The number of fused-ring (bicyclic) bond motifs is 1. The van der Waals surface area contributed by atoms with Gasteiger partial charge in [-0.2, -0.15) is 0 Å². The van der Waals surface area contributed by atoms with Crippen molar-refractivity contribution < 1.29 is 18.7 Å². The second-order valence-electron chi connectivity index (χ2n) is 7.27. The second-order valence-corrected chi connectivity index (χ2v) is 7.27. The van der Waals surface area contributed by atoms with Crippen LogP contribution in [0.5, 0.6) is 0 Å². The number of carbonyl (C=O) groups is 2. The van der Waals surface area contributed by atoms with Gasteiger partial charge in [0.15, 0.2) is 0 Å². The summed E-state index contributed by atoms with van der Waals surface area (Å²) in [7, 11) is 0. The fraction of sp³-hybridized carbons (Fsp3) is 0.273. The molecule has 0 N–H and O–H groups in total. The van der Waals surface area contributed by atoms with Crippen LogP contribution in [0.25, 0.3) is 11.5 Å². The second kappa shape index (κ2) is 7.25. The fourth-order valence-electron chi connectivity index (χ4n) is 3.78. The Hall–Kier alpha value is -3.32. The zero-order valence-electron chi connectivity index (χ0n) is 15.7. The predicted molar refractivity (Wildman–Crippen MR) is 103 cm³/mol. The average Bonchev–Trinajstić information content (AvgIpc) is 3.36. The number of hydrogen-bond donors (Lipinski definition) is 0. The summed E-state index contributed by atoms with van der Waals surface area (Å²) >= 11 is 0. The molecular formula is C22H19N3O4. The predicted octanol–water partition coefficient (Wildman–Crippen LogP) is 3.43. The first-order chi connectivity index (χ1) is 14.2. The molecule has 2 aromatic carbocycles. The molecule has 7 heteroatoms. The molecule has 2 aliphatic heterocycles. The molecule has 1 saturated heterocycles. The number of amides is 2. The normalized spacial score (nSPS) is 17.0. The van der Waals surface area contributed by atoms with Gasteiger partial charge >= 0.3 is 0 Å². The summed E-state index contributed by atoms with van der Waals surface area (Å²) in [6, 6.07) is 14.4. The molecule has 29 heavy (non-hydrogen) atoms. The zero-order chi connectivity index (χ0) is 19.8. The van der Waals surface area contributed by atoms with Gasteiger partial charge in [-0.3, -0.25) is 14.5 Å². The van der Waals surface area contributed by atoms with E-state index in [9.17, 15) is 9.59 Å². The molecule has 0 spiro atoms. The summed E-state index contributed by atoms with van der Waals surface area (Å²) in [5.74, 6) is 0.857. The van der Waals surface area contributed by atoms with Crippen LogP contribution in [-0.2, 0) is 11.3 Å². The van der Waals surface area contributed by atoms with Gasteiger partial charge in [-0.05, 0) is 42.7 Å². The Morgan fingerprint density at radius 3 is 2.21 bits per heavy atom. The Morgan fingerprint density at radius 2 is 1.55 bits per heavy atom. The molecule has 1 aromatic heterocycles. The van der Waals surface area contributed by atoms with Gasteiger partial charge in [0.2, 0.25) is 11.8 Å². The summed E-state index contributed by atoms with van der Waals surface area (Å²) in [6.45, 7) is 1.66. The molecule has 3 heterocycles. The lowest BCUT2D eigenvalue weighted by molar-refractivity contribution is 0.0642. The van der Waals surface area contributed by atoms with Crippen molar-refractivity contribution in [2.24, 2.45) is 0 Å². The summed E-state index contributed by atoms with van der Waals surface area (Å²) in [6.07, 6.45) is 1.78. The smallest absolute Gasteiger partial charge is 0.261 e. The number of aromatic nitrogens is 2. The molecule has 0 saturated carbocycles. The maximum absolute atomic E-state index is 12.5. The third-order valence-corrected chi connectivity index (χ3v) is 5.43. The van der Waals surface area contributed by atoms with E-state index in [4.69, 9.17) is 9.15 Å². The summed E-state index contributed by atoms with van der Waals surface area (Å²) in [5.41, 5.74) is 2.58. The Labute approximate surface area is 167 Å². The minimum Gasteiger partial charge on any atom is -0.420 e. The molecule has 0 aliphatic carbocycles. The van der Waals surface area contributed by atoms with E-state index in [1.807, 2.05) is 24.3 Å². The van der Waals surface area contributed by atoms with E-state index in [0.717, 1.165) is 37.2 Å². The van der Waals surface area contributed by atoms with Crippen LogP contribution in [0.15, 0.2) is 52.9 Å². The van der Waals surface area contributed by atoms with Gasteiger partial charge in [-0.15, -0.1) is 10.2 Å². The molecule has 0 atom stereocenters. The van der Waals surface area contributed by atoms with E-state index in [-0.39, 0.29) is 24.3 Å². The van der Waals surface area contributed by atoms with Gasteiger partial charge in [-0.25, -0.2) is 0 Å². The van der Waals surface area contributed by atoms with Crippen LogP contribution in [0, 0.1) is 0 Å². The molecule has 0 unspecified atom stereocenters. The maximum Gasteiger partial charge on any atom is 0.261 e. The molecule has 0 radical (unpaired) electrons. The Balaban J connectivity index is 1.31. The lowest BCUT2D eigenvalue weighted by atomic mass is 10.0. The van der Waals surface area contributed by atoms with E-state index in [0.29, 0.717) is 22.9 Å². The van der Waals surface area contributed by atoms with Gasteiger partial charge in [0, 0.05) is 24.7 Å². The summed E-state index contributed by atoms with van der Waals surface area (Å²) < 4.78 is 11.2. The van der Waals surface area contributed by atoms with Gasteiger partial charge in [0.25, 0.3) is 11.8 Å². The van der Waals surface area contributed by atoms with Crippen LogP contribution >= 0.6 is 0 Å². The monoisotopic (exact) mass is 389 g/mol. The van der Waals surface area contributed by atoms with Crippen molar-refractivity contribution in [3.8, 4) is 11.5 Å². The Kier molecular flexibility index (Phi) is 4.44. The first-order valence-electron chi connectivity index (χ1n) is 9.66. The van der Waals surface area contributed by atoms with E-state index in [2.05, 4.69) is 10.2 Å². The molecule has 1 fully saturated rings. The van der Waals surface area contributed by atoms with Gasteiger partial charge < -0.3 is 9.15 Å². The molecule has 146 valence electrons. The highest BCUT2D eigenvalue weighted by Crippen LogP contribution is 2.29. The topological polar surface area (TPSA) is 85.5 Å². The van der Waals surface area contributed by atoms with Crippen LogP contribution in [0.3, 0.4) is 0 Å². The number of nitrogens with zero attached hydrogens (tertiary/aromatic N) is 3. The highest BCUT2D eigenvalue weighted by atomic mass is 16.5. The van der Waals surface area contributed by atoms with Crippen LogP contribution in [-0.4, -0.2) is 40.1 Å². The number of carbonyl (C=O) groups excluding carboxylic acids is 2. The van der Waals surface area contributed by atoms with Crippen LogP contribution in [0.2, 0.25) is 0 Å². The molecule has 2 amide bonds. The quantitative estimate of drug-likeness (QED) is 0.636. The van der Waals surface area contributed by atoms with Crippen molar-refractivity contribution >= 4 is 11.8 Å². The zero-order valence-corrected chi connectivity index (χ0v) is 15.7. The van der Waals surface area contributed by atoms with Crippen molar-refractivity contribution in [3.05, 3.63) is 71.1 Å². The van der Waals surface area contributed by atoms with Crippen molar-refractivity contribution in [3.63, 3.8) is 0 Å². The summed E-state index contributed by atoms with van der Waals surface area (Å²) in [5, 5.41) is 8.36. The molecule has 0 bridgehead atoms. The standard InChI is InChI=1S/C22H19N3O4/c26-21-17-3-1-2-4-18(17)22(27)25(21)13-14-5-7-15(8-6-14)19-23-24-20(29-19)16-9-11-28-12-10-16/h1-8,16H,9-13H2. The van der Waals surface area contributed by atoms with Crippen LogP contribution < -0.4 is 0 Å². The van der Waals surface area contributed by atoms with E-state index >= 15 is 0 Å². The van der Waals surface area contributed by atoms with E-state index in [1.165, 1.54) is 4.90 Å². The molecule has 3 aromatic rings. The molecular weight excluding hydrogens is 370 g/mol. The minimum atomic E-state index is -0.257. The highest BCUT2D eigenvalue weighted by Gasteiger charge is 2.34. The van der Waals surface area contributed by atoms with Crippen molar-refractivity contribution in [2.75, 3.05) is 13.2 Å². The van der Waals surface area contributed by atoms with Crippen molar-refractivity contribution in [1.82, 2.24) is 15.1 Å². The first-order valence-corrected chi connectivity index (χ1v) is 9.66. The molecule has 5 rings (SSSR count). The van der Waals surface area contributed by atoms with Crippen LogP contribution in [0.1, 0.15) is 50.9 Å². The van der Waals surface area contributed by atoms with E-state index in [1.54, 1.807) is 24.3 Å². The van der Waals surface area contributed by atoms with Gasteiger partial charge in [0.05, 0.1) is 17.7 Å². The number of benzene rings is 2. The third kappa shape index (κ3) is 3.23. The Bertz CT molecular complexity index is 1030. The van der Waals surface area contributed by atoms with Crippen molar-refractivity contribution in [2.45, 2.75) is 25.3 Å². The fourth-order valence-corrected chi connectivity index (χ4v) is 3.78. The van der Waals surface area contributed by atoms with E-state index < -0.39 is 0 Å². The lowest BCUT2D eigenvalue weighted by Crippen LogP contribution is -2.29. The number of ether oxygens (including phenoxy) is 1. The maximum atomic E-state index is 12.5. The third-order valence-electron chi connectivity index (χ3n) is 5.43. The Morgan fingerprint density at radius 1 is 0.897 bits per heavy atom. The number of imide groups is 1. The largest absolute Gasteiger partial charge is 0.420 e. The highest BCUT2D eigenvalue weighted by molar-refractivity contribution is 6.21. The lowest BCUT2D eigenvalue weighted by Gasteiger charge is -2.18. The first kappa shape index (κ1) is 17.8. The molecule has 2 aliphatic rings. The minimum absolute atomic E-state index is 0.226. The average molecular weight is 389 g/mol. The van der Waals surface area contributed by atoms with Crippen molar-refractivity contribution in [1.29, 1.82) is 0 Å².